The van der Waals surface area contributed by atoms with E-state index in [4.69, 9.17) is 0 Å². The molecule has 0 aliphatic carbocycles. The van der Waals surface area contributed by atoms with E-state index in [1.807, 2.05) is 33.8 Å². The highest BCUT2D eigenvalue weighted by Gasteiger charge is 2.04. The summed E-state index contributed by atoms with van der Waals surface area (Å²) in [5.74, 6) is -0.141. The Bertz CT molecular complexity index is 308. The standard InChI is InChI=1S/C9H12N2O.C2H6/c1-6-4-5-8(9(12)10-3)11-7(6)2;1-2/h4-5H,1-3H3,(H,10,12);1-2H3. The van der Waals surface area contributed by atoms with Crippen LogP contribution in [0.25, 0.3) is 0 Å². The van der Waals surface area contributed by atoms with Gasteiger partial charge in [0.25, 0.3) is 5.91 Å². The molecule has 0 aliphatic heterocycles. The normalized spacial score (nSPS) is 8.64. The largest absolute Gasteiger partial charge is 0.354 e. The molecule has 1 amide bonds. The van der Waals surface area contributed by atoms with Crippen molar-refractivity contribution in [2.24, 2.45) is 0 Å². The first-order valence-electron chi connectivity index (χ1n) is 4.81. The van der Waals surface area contributed by atoms with Crippen LogP contribution in [-0.4, -0.2) is 17.9 Å². The highest BCUT2D eigenvalue weighted by atomic mass is 16.1. The van der Waals surface area contributed by atoms with Crippen molar-refractivity contribution in [3.8, 4) is 0 Å². The fourth-order valence-electron chi connectivity index (χ4n) is 0.885. The molecule has 14 heavy (non-hydrogen) atoms. The number of nitrogens with zero attached hydrogens (tertiary/aromatic N) is 1. The molecule has 1 rings (SSSR count). The third-order valence-corrected chi connectivity index (χ3v) is 1.81. The van der Waals surface area contributed by atoms with Gasteiger partial charge in [0, 0.05) is 12.7 Å². The zero-order valence-electron chi connectivity index (χ0n) is 9.51. The van der Waals surface area contributed by atoms with Crippen molar-refractivity contribution < 1.29 is 4.79 Å². The number of nitrogens with one attached hydrogen (secondary N) is 1. The quantitative estimate of drug-likeness (QED) is 0.743. The molecule has 78 valence electrons. The van der Waals surface area contributed by atoms with Gasteiger partial charge in [0.05, 0.1) is 0 Å². The van der Waals surface area contributed by atoms with Crippen molar-refractivity contribution >= 4 is 5.91 Å². The second-order valence-electron chi connectivity index (χ2n) is 2.68. The van der Waals surface area contributed by atoms with Gasteiger partial charge in [-0.1, -0.05) is 19.9 Å². The third kappa shape index (κ3) is 3.17. The van der Waals surface area contributed by atoms with E-state index in [2.05, 4.69) is 10.3 Å². The molecule has 3 heteroatoms. The molecule has 1 aromatic heterocycles. The molecule has 0 atom stereocenters. The molecule has 0 aliphatic rings. The molecule has 0 fully saturated rings. The van der Waals surface area contributed by atoms with Gasteiger partial charge in [-0.2, -0.15) is 0 Å². The van der Waals surface area contributed by atoms with Crippen molar-refractivity contribution in [1.29, 1.82) is 0 Å². The predicted octanol–water partition coefficient (Wildman–Crippen LogP) is 2.08. The van der Waals surface area contributed by atoms with Crippen molar-refractivity contribution in [1.82, 2.24) is 10.3 Å². The van der Waals surface area contributed by atoms with Crippen molar-refractivity contribution in [3.63, 3.8) is 0 Å². The lowest BCUT2D eigenvalue weighted by atomic mass is 10.2. The first-order valence-corrected chi connectivity index (χ1v) is 4.81. The summed E-state index contributed by atoms with van der Waals surface area (Å²) in [6, 6.07) is 3.62. The molecule has 3 nitrogen and oxygen atoms in total. The van der Waals surface area contributed by atoms with Gasteiger partial charge in [0.1, 0.15) is 5.69 Å². The molecule has 0 saturated carbocycles. The van der Waals surface area contributed by atoms with Crippen molar-refractivity contribution in [2.45, 2.75) is 27.7 Å². The Labute approximate surface area is 85.6 Å². The number of rotatable bonds is 1. The average molecular weight is 194 g/mol. The first-order chi connectivity index (χ1) is 6.65. The van der Waals surface area contributed by atoms with Crippen LogP contribution >= 0.6 is 0 Å². The van der Waals surface area contributed by atoms with E-state index in [1.54, 1.807) is 13.1 Å². The fraction of sp³-hybridized carbons (Fsp3) is 0.455. The zero-order valence-corrected chi connectivity index (χ0v) is 9.51. The number of carbonyl (C=O) groups is 1. The Hall–Kier alpha value is -1.38. The molecule has 0 spiro atoms. The maximum Gasteiger partial charge on any atom is 0.269 e. The fourth-order valence-corrected chi connectivity index (χ4v) is 0.885. The molecule has 0 unspecified atom stereocenters. The maximum absolute atomic E-state index is 11.1. The Morgan fingerprint density at radius 2 is 1.86 bits per heavy atom. The van der Waals surface area contributed by atoms with Gasteiger partial charge >= 0.3 is 0 Å². The first kappa shape index (κ1) is 12.6. The second-order valence-corrected chi connectivity index (χ2v) is 2.68. The molecule has 0 saturated heterocycles. The van der Waals surface area contributed by atoms with E-state index in [0.717, 1.165) is 11.3 Å². The molecule has 0 bridgehead atoms. The number of carbonyl (C=O) groups excluding carboxylic acids is 1. The van der Waals surface area contributed by atoms with Crippen LogP contribution in [0.2, 0.25) is 0 Å². The zero-order chi connectivity index (χ0) is 11.1. The summed E-state index contributed by atoms with van der Waals surface area (Å²) in [5.41, 5.74) is 2.47. The minimum atomic E-state index is -0.141. The van der Waals surface area contributed by atoms with E-state index in [-0.39, 0.29) is 5.91 Å². The van der Waals surface area contributed by atoms with E-state index < -0.39 is 0 Å². The lowest BCUT2D eigenvalue weighted by Crippen LogP contribution is -2.19. The highest BCUT2D eigenvalue weighted by molar-refractivity contribution is 5.92. The Balaban J connectivity index is 0.000000791. The molecule has 0 aromatic carbocycles. The van der Waals surface area contributed by atoms with Gasteiger partial charge in [-0.05, 0) is 25.5 Å². The van der Waals surface area contributed by atoms with Gasteiger partial charge in [-0.25, -0.2) is 4.98 Å². The average Bonchev–Trinajstić information content (AvgIpc) is 2.24. The second kappa shape index (κ2) is 6.13. The lowest BCUT2D eigenvalue weighted by molar-refractivity contribution is 0.0958. The van der Waals surface area contributed by atoms with Crippen molar-refractivity contribution in [2.75, 3.05) is 7.05 Å². The molecular weight excluding hydrogens is 176 g/mol. The number of pyridine rings is 1. The number of aromatic nitrogens is 1. The predicted molar refractivity (Wildman–Crippen MR) is 58.4 cm³/mol. The van der Waals surface area contributed by atoms with Crippen LogP contribution in [0.3, 0.4) is 0 Å². The Kier molecular flexibility index (Phi) is 5.53. The van der Waals surface area contributed by atoms with Crippen LogP contribution < -0.4 is 5.32 Å². The minimum absolute atomic E-state index is 0.141. The van der Waals surface area contributed by atoms with E-state index in [9.17, 15) is 4.79 Å². The molecule has 1 heterocycles. The van der Waals surface area contributed by atoms with Gasteiger partial charge in [0.2, 0.25) is 0 Å². The van der Waals surface area contributed by atoms with Crippen LogP contribution in [0, 0.1) is 13.8 Å². The van der Waals surface area contributed by atoms with E-state index in [0.29, 0.717) is 5.69 Å². The molecule has 1 N–H and O–H groups in total. The topological polar surface area (TPSA) is 42.0 Å². The van der Waals surface area contributed by atoms with Crippen LogP contribution in [0.15, 0.2) is 12.1 Å². The molecule has 1 aromatic rings. The summed E-state index contributed by atoms with van der Waals surface area (Å²) in [6.45, 7) is 7.86. The van der Waals surface area contributed by atoms with Crippen LogP contribution in [0.4, 0.5) is 0 Å². The van der Waals surface area contributed by atoms with Gasteiger partial charge in [0.15, 0.2) is 0 Å². The molecular formula is C11H18N2O. The van der Waals surface area contributed by atoms with Crippen LogP contribution in [0.5, 0.6) is 0 Å². The van der Waals surface area contributed by atoms with Gasteiger partial charge in [-0.15, -0.1) is 0 Å². The highest BCUT2D eigenvalue weighted by Crippen LogP contribution is 2.04. The molecule has 0 radical (unpaired) electrons. The third-order valence-electron chi connectivity index (χ3n) is 1.81. The SMILES string of the molecule is CC.CNC(=O)c1ccc(C)c(C)n1. The van der Waals surface area contributed by atoms with Crippen LogP contribution in [-0.2, 0) is 0 Å². The number of amides is 1. The van der Waals surface area contributed by atoms with Crippen LogP contribution in [0.1, 0.15) is 35.6 Å². The number of hydrogen-bond acceptors (Lipinski definition) is 2. The van der Waals surface area contributed by atoms with E-state index >= 15 is 0 Å². The summed E-state index contributed by atoms with van der Waals surface area (Å²) in [4.78, 5) is 15.2. The Morgan fingerprint density at radius 3 is 2.29 bits per heavy atom. The van der Waals surface area contributed by atoms with E-state index in [1.165, 1.54) is 0 Å². The summed E-state index contributed by atoms with van der Waals surface area (Å²) in [7, 11) is 1.60. The summed E-state index contributed by atoms with van der Waals surface area (Å²) in [6.07, 6.45) is 0. The Morgan fingerprint density at radius 1 is 1.29 bits per heavy atom. The smallest absolute Gasteiger partial charge is 0.269 e. The summed E-state index contributed by atoms with van der Waals surface area (Å²) >= 11 is 0. The van der Waals surface area contributed by atoms with Crippen molar-refractivity contribution in [3.05, 3.63) is 29.1 Å². The number of hydrogen-bond donors (Lipinski definition) is 1. The maximum atomic E-state index is 11.1. The monoisotopic (exact) mass is 194 g/mol. The number of aryl methyl sites for hydroxylation is 2. The summed E-state index contributed by atoms with van der Waals surface area (Å²) < 4.78 is 0. The lowest BCUT2D eigenvalue weighted by Gasteiger charge is -2.01. The van der Waals surface area contributed by atoms with Gasteiger partial charge < -0.3 is 5.32 Å². The minimum Gasteiger partial charge on any atom is -0.354 e. The summed E-state index contributed by atoms with van der Waals surface area (Å²) in [5, 5.41) is 2.53. The van der Waals surface area contributed by atoms with Gasteiger partial charge in [-0.3, -0.25) is 4.79 Å².